The molecule has 0 N–H and O–H groups in total. The molecule has 0 amide bonds. The lowest BCUT2D eigenvalue weighted by molar-refractivity contribution is 0.0755. The highest BCUT2D eigenvalue weighted by Crippen LogP contribution is 2.66. The van der Waals surface area contributed by atoms with Gasteiger partial charge in [-0.2, -0.15) is 0 Å². The lowest BCUT2D eigenvalue weighted by atomic mass is 9.60. The third kappa shape index (κ3) is 0.920. The van der Waals surface area contributed by atoms with Gasteiger partial charge in [-0.05, 0) is 27.4 Å². The van der Waals surface area contributed by atoms with Crippen LogP contribution in [0.25, 0.3) is 0 Å². The molecule has 74 valence electrons. The van der Waals surface area contributed by atoms with Gasteiger partial charge < -0.3 is 0 Å². The van der Waals surface area contributed by atoms with Crippen molar-refractivity contribution in [1.29, 1.82) is 0 Å². The van der Waals surface area contributed by atoms with Gasteiger partial charge in [0, 0.05) is 0 Å². The Bertz CT molecular complexity index is 246. The quantitative estimate of drug-likeness (QED) is 0.521. The molecule has 13 heavy (non-hydrogen) atoms. The Labute approximate surface area is 82.7 Å². The van der Waals surface area contributed by atoms with E-state index < -0.39 is 0 Å². The van der Waals surface area contributed by atoms with Crippen LogP contribution < -0.4 is 0 Å². The first kappa shape index (κ1) is 10.6. The number of allylic oxidation sites excluding steroid dienone is 2. The molecule has 0 bridgehead atoms. The summed E-state index contributed by atoms with van der Waals surface area (Å²) >= 11 is 0. The fraction of sp³-hybridized carbons (Fsp3) is 0.692. The van der Waals surface area contributed by atoms with Gasteiger partial charge in [-0.1, -0.05) is 54.7 Å². The predicted octanol–water partition coefficient (Wildman–Crippen LogP) is 4.19. The molecule has 1 rings (SSSR count). The minimum absolute atomic E-state index is 0.160. The summed E-state index contributed by atoms with van der Waals surface area (Å²) < 4.78 is 0. The smallest absolute Gasteiger partial charge is 0.00473 e. The van der Waals surface area contributed by atoms with Crippen LogP contribution in [0, 0.1) is 16.2 Å². The minimum atomic E-state index is 0.160. The largest absolute Gasteiger partial charge is 0.0950 e. The molecule has 0 aromatic heterocycles. The van der Waals surface area contributed by atoms with E-state index in [4.69, 9.17) is 0 Å². The first-order chi connectivity index (χ1) is 5.57. The standard InChI is InChI=1S/C13H22/c1-9-10(2)12(5,6)13(7,8)11(9,3)4/h1-2H2,3-8H3. The van der Waals surface area contributed by atoms with Crippen molar-refractivity contribution in [3.8, 4) is 0 Å². The van der Waals surface area contributed by atoms with E-state index in [-0.39, 0.29) is 16.2 Å². The van der Waals surface area contributed by atoms with Crippen molar-refractivity contribution in [3.05, 3.63) is 24.3 Å². The molecule has 1 aliphatic rings. The summed E-state index contributed by atoms with van der Waals surface area (Å²) in [5.74, 6) is 0. The molecule has 0 atom stereocenters. The SMILES string of the molecule is C=C1C(=C)C(C)(C)C(C)(C)C1(C)C. The van der Waals surface area contributed by atoms with Gasteiger partial charge in [0.05, 0.1) is 0 Å². The van der Waals surface area contributed by atoms with Crippen molar-refractivity contribution < 1.29 is 0 Å². The lowest BCUT2D eigenvalue weighted by Crippen LogP contribution is -2.37. The van der Waals surface area contributed by atoms with E-state index in [1.165, 1.54) is 11.1 Å². The van der Waals surface area contributed by atoms with Crippen molar-refractivity contribution >= 4 is 0 Å². The Morgan fingerprint density at radius 2 is 0.923 bits per heavy atom. The first-order valence-electron chi connectivity index (χ1n) is 4.96. The summed E-state index contributed by atoms with van der Waals surface area (Å²) in [6, 6.07) is 0. The van der Waals surface area contributed by atoms with E-state index in [1.807, 2.05) is 0 Å². The average Bonchev–Trinajstić information content (AvgIpc) is 2.05. The molecule has 0 aliphatic heterocycles. The maximum Gasteiger partial charge on any atom is -0.00473 e. The van der Waals surface area contributed by atoms with Gasteiger partial charge in [-0.25, -0.2) is 0 Å². The molecule has 0 heterocycles. The summed E-state index contributed by atoms with van der Waals surface area (Å²) in [5.41, 5.74) is 3.00. The third-order valence-corrected chi connectivity index (χ3v) is 5.00. The summed E-state index contributed by atoms with van der Waals surface area (Å²) in [5, 5.41) is 0. The number of hydrogen-bond donors (Lipinski definition) is 0. The maximum absolute atomic E-state index is 4.18. The summed E-state index contributed by atoms with van der Waals surface area (Å²) in [4.78, 5) is 0. The van der Waals surface area contributed by atoms with E-state index in [0.29, 0.717) is 0 Å². The Balaban J connectivity index is 3.40. The molecule has 0 spiro atoms. The van der Waals surface area contributed by atoms with Crippen LogP contribution in [0.5, 0.6) is 0 Å². The van der Waals surface area contributed by atoms with Crippen LogP contribution in [0.15, 0.2) is 24.3 Å². The second-order valence-corrected chi connectivity index (χ2v) is 5.83. The van der Waals surface area contributed by atoms with E-state index in [2.05, 4.69) is 54.7 Å². The van der Waals surface area contributed by atoms with E-state index in [1.54, 1.807) is 0 Å². The molecular weight excluding hydrogens is 156 g/mol. The number of hydrogen-bond acceptors (Lipinski definition) is 0. The molecule has 0 nitrogen and oxygen atoms in total. The van der Waals surface area contributed by atoms with Crippen LogP contribution >= 0.6 is 0 Å². The lowest BCUT2D eigenvalue weighted by Gasteiger charge is -2.43. The van der Waals surface area contributed by atoms with Crippen molar-refractivity contribution in [2.24, 2.45) is 16.2 Å². The van der Waals surface area contributed by atoms with Crippen LogP contribution in [0.1, 0.15) is 41.5 Å². The highest BCUT2D eigenvalue weighted by atomic mass is 14.6. The zero-order valence-corrected chi connectivity index (χ0v) is 9.91. The summed E-state index contributed by atoms with van der Waals surface area (Å²) in [6.07, 6.45) is 0. The molecular formula is C13H22. The highest BCUT2D eigenvalue weighted by Gasteiger charge is 2.57. The fourth-order valence-corrected chi connectivity index (χ4v) is 2.29. The zero-order chi connectivity index (χ0) is 10.7. The van der Waals surface area contributed by atoms with Crippen molar-refractivity contribution in [2.75, 3.05) is 0 Å². The first-order valence-corrected chi connectivity index (χ1v) is 4.96. The van der Waals surface area contributed by atoms with Crippen LogP contribution in [0.3, 0.4) is 0 Å². The molecule has 1 saturated carbocycles. The second kappa shape index (κ2) is 2.29. The molecule has 0 aromatic carbocycles. The monoisotopic (exact) mass is 178 g/mol. The molecule has 0 radical (unpaired) electrons. The van der Waals surface area contributed by atoms with Crippen LogP contribution in [-0.4, -0.2) is 0 Å². The van der Waals surface area contributed by atoms with Crippen molar-refractivity contribution in [3.63, 3.8) is 0 Å². The highest BCUT2D eigenvalue weighted by molar-refractivity contribution is 5.45. The summed E-state index contributed by atoms with van der Waals surface area (Å²) in [6.45, 7) is 22.1. The van der Waals surface area contributed by atoms with E-state index in [0.717, 1.165) is 0 Å². The van der Waals surface area contributed by atoms with Gasteiger partial charge in [-0.3, -0.25) is 0 Å². The minimum Gasteiger partial charge on any atom is -0.0950 e. The Morgan fingerprint density at radius 3 is 1.00 bits per heavy atom. The van der Waals surface area contributed by atoms with Gasteiger partial charge in [0.25, 0.3) is 0 Å². The van der Waals surface area contributed by atoms with Gasteiger partial charge in [0.2, 0.25) is 0 Å². The normalized spacial score (nSPS) is 29.4. The van der Waals surface area contributed by atoms with Gasteiger partial charge in [0.15, 0.2) is 0 Å². The summed E-state index contributed by atoms with van der Waals surface area (Å²) in [7, 11) is 0. The van der Waals surface area contributed by atoms with Gasteiger partial charge in [0.1, 0.15) is 0 Å². The molecule has 1 fully saturated rings. The Kier molecular flexibility index (Phi) is 1.86. The molecule has 0 heteroatoms. The van der Waals surface area contributed by atoms with Crippen LogP contribution in [-0.2, 0) is 0 Å². The van der Waals surface area contributed by atoms with Crippen LogP contribution in [0.4, 0.5) is 0 Å². The predicted molar refractivity (Wildman–Crippen MR) is 59.6 cm³/mol. The molecule has 1 aliphatic carbocycles. The molecule has 0 aromatic rings. The molecule has 0 saturated heterocycles. The van der Waals surface area contributed by atoms with E-state index >= 15 is 0 Å². The fourth-order valence-electron chi connectivity index (χ4n) is 2.29. The second-order valence-electron chi connectivity index (χ2n) is 5.83. The van der Waals surface area contributed by atoms with Crippen molar-refractivity contribution in [1.82, 2.24) is 0 Å². The third-order valence-electron chi connectivity index (χ3n) is 5.00. The van der Waals surface area contributed by atoms with Gasteiger partial charge >= 0.3 is 0 Å². The maximum atomic E-state index is 4.18. The number of rotatable bonds is 0. The van der Waals surface area contributed by atoms with E-state index in [9.17, 15) is 0 Å². The van der Waals surface area contributed by atoms with Crippen LogP contribution in [0.2, 0.25) is 0 Å². The Morgan fingerprint density at radius 1 is 0.692 bits per heavy atom. The van der Waals surface area contributed by atoms with Gasteiger partial charge in [-0.15, -0.1) is 0 Å². The van der Waals surface area contributed by atoms with Crippen molar-refractivity contribution in [2.45, 2.75) is 41.5 Å². The topological polar surface area (TPSA) is 0 Å². The molecule has 0 unspecified atom stereocenters. The Hall–Kier alpha value is -0.520. The average molecular weight is 178 g/mol. The zero-order valence-electron chi connectivity index (χ0n) is 9.91.